The Morgan fingerprint density at radius 1 is 0.909 bits per heavy atom. The third-order valence-electron chi connectivity index (χ3n) is 5.01. The van der Waals surface area contributed by atoms with E-state index >= 15 is 0 Å². The molecule has 0 heterocycles. The number of benzene rings is 2. The van der Waals surface area contributed by atoms with Crippen LogP contribution >= 0.6 is 0 Å². The Bertz CT molecular complexity index is 802. The molecule has 2 aromatic rings. The molecule has 2 aliphatic rings. The first-order chi connectivity index (χ1) is 10.7. The minimum atomic E-state index is -0.622. The SMILES string of the molecule is CC1=C(c2ccccc2)C(=O)C2(c3ccccc3)CC2C1=O. The molecule has 2 heteroatoms. The summed E-state index contributed by atoms with van der Waals surface area (Å²) < 4.78 is 0. The minimum absolute atomic E-state index is 0.104. The van der Waals surface area contributed by atoms with Gasteiger partial charge in [0, 0.05) is 17.1 Å². The van der Waals surface area contributed by atoms with Crippen LogP contribution in [0.3, 0.4) is 0 Å². The van der Waals surface area contributed by atoms with E-state index in [1.807, 2.05) is 60.7 Å². The van der Waals surface area contributed by atoms with Crippen LogP contribution in [0.2, 0.25) is 0 Å². The highest BCUT2D eigenvalue weighted by Gasteiger charge is 2.67. The molecule has 4 rings (SSSR count). The zero-order valence-electron chi connectivity index (χ0n) is 12.4. The molecule has 0 N–H and O–H groups in total. The van der Waals surface area contributed by atoms with Gasteiger partial charge in [0.25, 0.3) is 0 Å². The maximum Gasteiger partial charge on any atom is 0.175 e. The number of Topliss-reactive ketones (excluding diaryl/α,β-unsaturated/α-hetero) is 2. The van der Waals surface area contributed by atoms with Gasteiger partial charge < -0.3 is 0 Å². The van der Waals surface area contributed by atoms with Gasteiger partial charge in [-0.05, 0) is 24.5 Å². The fraction of sp³-hybridized carbons (Fsp3) is 0.200. The van der Waals surface area contributed by atoms with E-state index < -0.39 is 5.41 Å². The summed E-state index contributed by atoms with van der Waals surface area (Å²) >= 11 is 0. The van der Waals surface area contributed by atoms with E-state index in [1.54, 1.807) is 6.92 Å². The number of hydrogen-bond acceptors (Lipinski definition) is 2. The summed E-state index contributed by atoms with van der Waals surface area (Å²) in [5.41, 5.74) is 2.41. The van der Waals surface area contributed by atoms with Crippen LogP contribution in [0.15, 0.2) is 66.2 Å². The lowest BCUT2D eigenvalue weighted by Crippen LogP contribution is -2.32. The summed E-state index contributed by atoms with van der Waals surface area (Å²) in [6, 6.07) is 19.3. The molecule has 108 valence electrons. The van der Waals surface area contributed by atoms with Crippen molar-refractivity contribution < 1.29 is 9.59 Å². The van der Waals surface area contributed by atoms with E-state index in [0.29, 0.717) is 17.6 Å². The normalized spacial score (nSPS) is 26.9. The number of allylic oxidation sites excluding steroid dienone is 2. The number of ketones is 2. The van der Waals surface area contributed by atoms with Gasteiger partial charge in [-0.1, -0.05) is 60.7 Å². The van der Waals surface area contributed by atoms with E-state index in [9.17, 15) is 9.59 Å². The topological polar surface area (TPSA) is 34.1 Å². The Hall–Kier alpha value is -2.48. The van der Waals surface area contributed by atoms with Gasteiger partial charge in [-0.15, -0.1) is 0 Å². The maximum atomic E-state index is 13.2. The van der Waals surface area contributed by atoms with Gasteiger partial charge in [-0.25, -0.2) is 0 Å². The first-order valence-electron chi connectivity index (χ1n) is 7.57. The van der Waals surface area contributed by atoms with E-state index in [2.05, 4.69) is 0 Å². The van der Waals surface area contributed by atoms with Crippen LogP contribution in [0.25, 0.3) is 5.57 Å². The molecule has 1 fully saturated rings. The van der Waals surface area contributed by atoms with Crippen LogP contribution in [-0.4, -0.2) is 11.6 Å². The number of carbonyl (C=O) groups is 2. The van der Waals surface area contributed by atoms with Crippen molar-refractivity contribution in [1.82, 2.24) is 0 Å². The highest BCUT2D eigenvalue weighted by Crippen LogP contribution is 2.61. The molecule has 0 aliphatic heterocycles. The molecule has 22 heavy (non-hydrogen) atoms. The minimum Gasteiger partial charge on any atom is -0.294 e. The van der Waals surface area contributed by atoms with Crippen molar-refractivity contribution in [3.63, 3.8) is 0 Å². The molecule has 2 nitrogen and oxygen atoms in total. The van der Waals surface area contributed by atoms with Gasteiger partial charge in [0.1, 0.15) is 0 Å². The summed E-state index contributed by atoms with van der Waals surface area (Å²) in [5.74, 6) is 0.0594. The number of carbonyl (C=O) groups excluding carboxylic acids is 2. The lowest BCUT2D eigenvalue weighted by molar-refractivity contribution is -0.122. The predicted molar refractivity (Wildman–Crippen MR) is 85.3 cm³/mol. The Kier molecular flexibility index (Phi) is 2.70. The fourth-order valence-electron chi connectivity index (χ4n) is 3.75. The molecule has 1 saturated carbocycles. The van der Waals surface area contributed by atoms with Crippen LogP contribution in [0.4, 0.5) is 0 Å². The fourth-order valence-corrected chi connectivity index (χ4v) is 3.75. The molecule has 2 atom stereocenters. The van der Waals surface area contributed by atoms with Gasteiger partial charge in [0.2, 0.25) is 0 Å². The van der Waals surface area contributed by atoms with Crippen molar-refractivity contribution in [2.45, 2.75) is 18.8 Å². The molecule has 2 unspecified atom stereocenters. The molecular formula is C20H16O2. The highest BCUT2D eigenvalue weighted by molar-refractivity contribution is 6.36. The molecule has 0 bridgehead atoms. The molecule has 0 aromatic heterocycles. The van der Waals surface area contributed by atoms with E-state index in [1.165, 1.54) is 0 Å². The van der Waals surface area contributed by atoms with E-state index in [0.717, 1.165) is 11.1 Å². The molecule has 2 aromatic carbocycles. The Morgan fingerprint density at radius 3 is 2.14 bits per heavy atom. The number of rotatable bonds is 2. The highest BCUT2D eigenvalue weighted by atomic mass is 16.1. The summed E-state index contributed by atoms with van der Waals surface area (Å²) in [5, 5.41) is 0. The summed E-state index contributed by atoms with van der Waals surface area (Å²) in [6.07, 6.45) is 0.641. The lowest BCUT2D eigenvalue weighted by atomic mass is 9.76. The first-order valence-corrected chi connectivity index (χ1v) is 7.57. The largest absolute Gasteiger partial charge is 0.294 e. The van der Waals surface area contributed by atoms with Gasteiger partial charge in [-0.3, -0.25) is 9.59 Å². The lowest BCUT2D eigenvalue weighted by Gasteiger charge is -2.24. The van der Waals surface area contributed by atoms with Crippen LogP contribution in [0.5, 0.6) is 0 Å². The maximum absolute atomic E-state index is 13.2. The predicted octanol–water partition coefficient (Wildman–Crippen LogP) is 3.57. The number of hydrogen-bond donors (Lipinski definition) is 0. The Labute approximate surface area is 129 Å². The average Bonchev–Trinajstić information content (AvgIpc) is 3.32. The Morgan fingerprint density at radius 2 is 1.50 bits per heavy atom. The molecule has 2 aliphatic carbocycles. The smallest absolute Gasteiger partial charge is 0.175 e. The summed E-state index contributed by atoms with van der Waals surface area (Å²) in [6.45, 7) is 1.79. The van der Waals surface area contributed by atoms with Crippen molar-refractivity contribution in [2.24, 2.45) is 5.92 Å². The van der Waals surface area contributed by atoms with Crippen LogP contribution < -0.4 is 0 Å². The van der Waals surface area contributed by atoms with Gasteiger partial charge in [-0.2, -0.15) is 0 Å². The first kappa shape index (κ1) is 13.2. The second kappa shape index (κ2) is 4.51. The standard InChI is InChI=1S/C20H16O2/c1-13-17(14-8-4-2-5-9-14)19(22)20(12-16(20)18(13)21)15-10-6-3-7-11-15/h2-11,16H,12H2,1H3. The third kappa shape index (κ3) is 1.61. The van der Waals surface area contributed by atoms with Crippen molar-refractivity contribution in [2.75, 3.05) is 0 Å². The average molecular weight is 288 g/mol. The third-order valence-corrected chi connectivity index (χ3v) is 5.01. The molecule has 0 spiro atoms. The molecule has 0 saturated heterocycles. The quantitative estimate of drug-likeness (QED) is 0.846. The number of fused-ring (bicyclic) bond motifs is 1. The molecule has 0 amide bonds. The van der Waals surface area contributed by atoms with Crippen LogP contribution in [0, 0.1) is 5.92 Å². The summed E-state index contributed by atoms with van der Waals surface area (Å²) in [4.78, 5) is 25.9. The van der Waals surface area contributed by atoms with E-state index in [4.69, 9.17) is 0 Å². The van der Waals surface area contributed by atoms with Gasteiger partial charge in [0.15, 0.2) is 11.6 Å². The van der Waals surface area contributed by atoms with Gasteiger partial charge in [0.05, 0.1) is 5.41 Å². The second-order valence-corrected chi connectivity index (χ2v) is 6.15. The Balaban J connectivity index is 1.89. The zero-order chi connectivity index (χ0) is 15.3. The van der Waals surface area contributed by atoms with Crippen molar-refractivity contribution in [3.05, 3.63) is 77.4 Å². The summed E-state index contributed by atoms with van der Waals surface area (Å²) in [7, 11) is 0. The van der Waals surface area contributed by atoms with Crippen molar-refractivity contribution >= 4 is 17.1 Å². The van der Waals surface area contributed by atoms with Crippen LogP contribution in [0.1, 0.15) is 24.5 Å². The van der Waals surface area contributed by atoms with Gasteiger partial charge >= 0.3 is 0 Å². The molecular weight excluding hydrogens is 272 g/mol. The van der Waals surface area contributed by atoms with Crippen molar-refractivity contribution in [3.8, 4) is 0 Å². The zero-order valence-corrected chi connectivity index (χ0v) is 12.4. The van der Waals surface area contributed by atoms with Crippen LogP contribution in [-0.2, 0) is 15.0 Å². The van der Waals surface area contributed by atoms with E-state index in [-0.39, 0.29) is 17.5 Å². The van der Waals surface area contributed by atoms with Crippen molar-refractivity contribution in [1.29, 1.82) is 0 Å². The molecule has 0 radical (unpaired) electrons. The second-order valence-electron chi connectivity index (χ2n) is 6.15. The monoisotopic (exact) mass is 288 g/mol.